The van der Waals surface area contributed by atoms with Crippen molar-refractivity contribution in [3.8, 4) is 0 Å². The second-order valence-electron chi connectivity index (χ2n) is 5.10. The van der Waals surface area contributed by atoms with E-state index in [1.807, 2.05) is 0 Å². The molecule has 0 amide bonds. The highest BCUT2D eigenvalue weighted by Crippen LogP contribution is 2.15. The minimum atomic E-state index is 0.315. The molecule has 0 radical (unpaired) electrons. The first kappa shape index (κ1) is 13.9. The van der Waals surface area contributed by atoms with Crippen LogP contribution in [-0.4, -0.2) is 48.3 Å². The molecule has 1 heterocycles. The number of hydrogen-bond acceptors (Lipinski definition) is 3. The summed E-state index contributed by atoms with van der Waals surface area (Å²) in [6.07, 6.45) is 6.11. The molecule has 0 aromatic rings. The second-order valence-corrected chi connectivity index (χ2v) is 5.10. The van der Waals surface area contributed by atoms with Crippen LogP contribution in [0.2, 0.25) is 0 Å². The first-order valence-electron chi connectivity index (χ1n) is 6.82. The largest absolute Gasteiger partial charge is 0.396 e. The predicted octanol–water partition coefficient (Wildman–Crippen LogP) is 1.61. The van der Waals surface area contributed by atoms with Crippen molar-refractivity contribution >= 4 is 0 Å². The molecule has 0 aromatic carbocycles. The van der Waals surface area contributed by atoms with Crippen molar-refractivity contribution in [2.75, 3.05) is 26.2 Å². The van der Waals surface area contributed by atoms with Crippen molar-refractivity contribution < 1.29 is 5.11 Å². The number of hydrogen-bond donors (Lipinski definition) is 2. The van der Waals surface area contributed by atoms with Crippen molar-refractivity contribution in [2.45, 2.75) is 58.0 Å². The fraction of sp³-hybridized carbons (Fsp3) is 1.00. The minimum Gasteiger partial charge on any atom is -0.396 e. The van der Waals surface area contributed by atoms with Crippen LogP contribution >= 0.6 is 0 Å². The van der Waals surface area contributed by atoms with Crippen LogP contribution in [0.25, 0.3) is 0 Å². The van der Waals surface area contributed by atoms with Gasteiger partial charge in [0.15, 0.2) is 0 Å². The van der Waals surface area contributed by atoms with Crippen LogP contribution in [-0.2, 0) is 0 Å². The summed E-state index contributed by atoms with van der Waals surface area (Å²) in [6.45, 7) is 8.38. The number of nitrogens with one attached hydrogen (secondary N) is 1. The third-order valence-electron chi connectivity index (χ3n) is 3.63. The summed E-state index contributed by atoms with van der Waals surface area (Å²) < 4.78 is 0. The smallest absolute Gasteiger partial charge is 0.0431 e. The highest BCUT2D eigenvalue weighted by molar-refractivity contribution is 4.74. The van der Waals surface area contributed by atoms with Crippen LogP contribution in [0, 0.1) is 0 Å². The first-order chi connectivity index (χ1) is 7.74. The van der Waals surface area contributed by atoms with E-state index in [0.717, 1.165) is 25.4 Å². The molecule has 2 unspecified atom stereocenters. The van der Waals surface area contributed by atoms with E-state index in [2.05, 4.69) is 24.1 Å². The molecular weight excluding hydrogens is 200 g/mol. The molecule has 16 heavy (non-hydrogen) atoms. The lowest BCUT2D eigenvalue weighted by Crippen LogP contribution is -2.42. The van der Waals surface area contributed by atoms with Crippen LogP contribution < -0.4 is 5.32 Å². The van der Waals surface area contributed by atoms with Crippen LogP contribution in [0.1, 0.15) is 46.0 Å². The summed E-state index contributed by atoms with van der Waals surface area (Å²) in [6, 6.07) is 1.30. The number of rotatable bonds is 7. The summed E-state index contributed by atoms with van der Waals surface area (Å²) in [5, 5.41) is 12.3. The van der Waals surface area contributed by atoms with Gasteiger partial charge in [0, 0.05) is 31.8 Å². The Labute approximate surface area is 100 Å². The lowest BCUT2D eigenvalue weighted by Gasteiger charge is -2.33. The van der Waals surface area contributed by atoms with E-state index in [1.54, 1.807) is 0 Å². The number of aliphatic hydroxyl groups excluding tert-OH is 1. The Morgan fingerprint density at radius 2 is 2.25 bits per heavy atom. The Morgan fingerprint density at radius 1 is 1.44 bits per heavy atom. The Hall–Kier alpha value is -0.120. The van der Waals surface area contributed by atoms with Gasteiger partial charge in [0.05, 0.1) is 0 Å². The number of aliphatic hydroxyl groups is 1. The van der Waals surface area contributed by atoms with Gasteiger partial charge in [-0.25, -0.2) is 0 Å². The molecule has 1 saturated heterocycles. The molecule has 0 aromatic heterocycles. The van der Waals surface area contributed by atoms with Crippen molar-refractivity contribution in [3.63, 3.8) is 0 Å². The molecular formula is C13H28N2O. The summed E-state index contributed by atoms with van der Waals surface area (Å²) in [4.78, 5) is 2.59. The summed E-state index contributed by atoms with van der Waals surface area (Å²) >= 11 is 0. The lowest BCUT2D eigenvalue weighted by molar-refractivity contribution is 0.160. The fourth-order valence-corrected chi connectivity index (χ4v) is 2.44. The van der Waals surface area contributed by atoms with Crippen LogP contribution in [0.4, 0.5) is 0 Å². The number of piperidine rings is 1. The third kappa shape index (κ3) is 5.28. The number of nitrogens with zero attached hydrogens (tertiary/aromatic N) is 1. The monoisotopic (exact) mass is 228 g/mol. The number of likely N-dealkylation sites (tertiary alicyclic amines) is 1. The highest BCUT2D eigenvalue weighted by atomic mass is 16.2. The summed E-state index contributed by atoms with van der Waals surface area (Å²) in [5.41, 5.74) is 0. The van der Waals surface area contributed by atoms with Gasteiger partial charge in [-0.15, -0.1) is 0 Å². The molecule has 0 bridgehead atoms. The Bertz CT molecular complexity index is 175. The molecule has 3 nitrogen and oxygen atoms in total. The van der Waals surface area contributed by atoms with Crippen molar-refractivity contribution in [1.29, 1.82) is 0 Å². The van der Waals surface area contributed by atoms with E-state index < -0.39 is 0 Å². The summed E-state index contributed by atoms with van der Waals surface area (Å²) in [5.74, 6) is 0. The Balaban J connectivity index is 2.05. The van der Waals surface area contributed by atoms with Crippen LogP contribution in [0.3, 0.4) is 0 Å². The van der Waals surface area contributed by atoms with E-state index >= 15 is 0 Å². The molecule has 1 aliphatic rings. The normalized spacial score (nSPS) is 24.6. The van der Waals surface area contributed by atoms with Gasteiger partial charge in [-0.3, -0.25) is 4.90 Å². The fourth-order valence-electron chi connectivity index (χ4n) is 2.44. The molecule has 2 atom stereocenters. The van der Waals surface area contributed by atoms with Crippen molar-refractivity contribution in [1.82, 2.24) is 10.2 Å². The molecule has 96 valence electrons. The molecule has 0 aliphatic carbocycles. The Morgan fingerprint density at radius 3 is 2.94 bits per heavy atom. The van der Waals surface area contributed by atoms with Gasteiger partial charge >= 0.3 is 0 Å². The zero-order valence-corrected chi connectivity index (χ0v) is 10.9. The third-order valence-corrected chi connectivity index (χ3v) is 3.63. The maximum atomic E-state index is 8.74. The molecule has 3 heteroatoms. The topological polar surface area (TPSA) is 35.5 Å². The van der Waals surface area contributed by atoms with Gasteiger partial charge in [0.1, 0.15) is 0 Å². The van der Waals surface area contributed by atoms with Gasteiger partial charge in [-0.1, -0.05) is 6.42 Å². The second kappa shape index (κ2) is 8.04. The van der Waals surface area contributed by atoms with E-state index in [-0.39, 0.29) is 0 Å². The average molecular weight is 228 g/mol. The molecule has 0 spiro atoms. The zero-order chi connectivity index (χ0) is 11.8. The van der Waals surface area contributed by atoms with Crippen molar-refractivity contribution in [3.05, 3.63) is 0 Å². The lowest BCUT2D eigenvalue weighted by atomic mass is 10.0. The van der Waals surface area contributed by atoms with Gasteiger partial charge in [0.25, 0.3) is 0 Å². The first-order valence-corrected chi connectivity index (χ1v) is 6.82. The van der Waals surface area contributed by atoms with Gasteiger partial charge in [0.2, 0.25) is 0 Å². The maximum Gasteiger partial charge on any atom is 0.0431 e. The quantitative estimate of drug-likeness (QED) is 0.695. The van der Waals surface area contributed by atoms with Crippen molar-refractivity contribution in [2.24, 2.45) is 0 Å². The molecule has 0 saturated carbocycles. The van der Waals surface area contributed by atoms with E-state index in [1.165, 1.54) is 32.4 Å². The minimum absolute atomic E-state index is 0.315. The SMILES string of the molecule is CC(CCCO)NCCN1CCCCC1C. The zero-order valence-electron chi connectivity index (χ0n) is 10.9. The van der Waals surface area contributed by atoms with Crippen LogP contribution in [0.5, 0.6) is 0 Å². The predicted molar refractivity (Wildman–Crippen MR) is 68.7 cm³/mol. The van der Waals surface area contributed by atoms with Gasteiger partial charge in [-0.2, -0.15) is 0 Å². The molecule has 2 N–H and O–H groups in total. The summed E-state index contributed by atoms with van der Waals surface area (Å²) in [7, 11) is 0. The van der Waals surface area contributed by atoms with Gasteiger partial charge in [-0.05, 0) is 46.1 Å². The van der Waals surface area contributed by atoms with E-state index in [4.69, 9.17) is 5.11 Å². The Kier molecular flexibility index (Phi) is 7.01. The van der Waals surface area contributed by atoms with Gasteiger partial charge < -0.3 is 10.4 Å². The highest BCUT2D eigenvalue weighted by Gasteiger charge is 2.17. The molecule has 1 rings (SSSR count). The van der Waals surface area contributed by atoms with E-state index in [0.29, 0.717) is 12.6 Å². The van der Waals surface area contributed by atoms with Crippen LogP contribution in [0.15, 0.2) is 0 Å². The molecule has 1 fully saturated rings. The molecule has 1 aliphatic heterocycles. The standard InChI is InChI=1S/C13H28N2O/c1-12(6-5-11-16)14-8-10-15-9-4-3-7-13(15)2/h12-14,16H,3-11H2,1-2H3. The van der Waals surface area contributed by atoms with E-state index in [9.17, 15) is 0 Å². The average Bonchev–Trinajstić information content (AvgIpc) is 2.29. The maximum absolute atomic E-state index is 8.74.